The van der Waals surface area contributed by atoms with Gasteiger partial charge in [-0.1, -0.05) is 35.9 Å². The molecular formula is C28H27Cl4N3O2S. The molecule has 1 heterocycles. The maximum atomic E-state index is 6.60. The number of rotatable bonds is 12. The number of halogens is 4. The first-order valence-corrected chi connectivity index (χ1v) is 13.9. The Kier molecular flexibility index (Phi) is 12.0. The largest absolute Gasteiger partial charge is 0.495 e. The van der Waals surface area contributed by atoms with Gasteiger partial charge in [0, 0.05) is 42.0 Å². The summed E-state index contributed by atoms with van der Waals surface area (Å²) < 4.78 is 11.4. The van der Waals surface area contributed by atoms with Crippen molar-refractivity contribution in [1.29, 1.82) is 0 Å². The van der Waals surface area contributed by atoms with E-state index >= 15 is 0 Å². The highest BCUT2D eigenvalue weighted by molar-refractivity contribution is 7.09. The van der Waals surface area contributed by atoms with Gasteiger partial charge in [0.2, 0.25) is 0 Å². The van der Waals surface area contributed by atoms with E-state index in [1.54, 1.807) is 24.7 Å². The molecule has 1 aromatic heterocycles. The van der Waals surface area contributed by atoms with Crippen molar-refractivity contribution in [2.45, 2.75) is 6.61 Å². The zero-order valence-electron chi connectivity index (χ0n) is 20.6. The molecule has 0 saturated heterocycles. The normalized spacial score (nSPS) is 10.8. The van der Waals surface area contributed by atoms with Crippen molar-refractivity contribution in [3.05, 3.63) is 87.7 Å². The fraction of sp³-hybridized carbons (Fsp3) is 0.214. The highest BCUT2D eigenvalue weighted by atomic mass is 35.5. The lowest BCUT2D eigenvalue weighted by Crippen LogP contribution is -2.28. The van der Waals surface area contributed by atoms with Gasteiger partial charge in [0.05, 0.1) is 29.2 Å². The van der Waals surface area contributed by atoms with Crippen LogP contribution >= 0.6 is 58.5 Å². The van der Waals surface area contributed by atoms with Crippen molar-refractivity contribution in [2.24, 2.45) is 4.99 Å². The summed E-state index contributed by atoms with van der Waals surface area (Å²) in [5.41, 5.74) is 4.26. The lowest BCUT2D eigenvalue weighted by atomic mass is 10.1. The van der Waals surface area contributed by atoms with E-state index in [-0.39, 0.29) is 12.4 Å². The fourth-order valence-corrected chi connectivity index (χ4v) is 5.08. The van der Waals surface area contributed by atoms with Gasteiger partial charge in [-0.3, -0.25) is 4.99 Å². The van der Waals surface area contributed by atoms with Crippen molar-refractivity contribution in [2.75, 3.05) is 36.9 Å². The summed E-state index contributed by atoms with van der Waals surface area (Å²) in [7, 11) is 1.65. The molecule has 0 fully saturated rings. The van der Waals surface area contributed by atoms with Gasteiger partial charge in [-0.2, -0.15) is 0 Å². The van der Waals surface area contributed by atoms with Gasteiger partial charge in [-0.25, -0.2) is 4.98 Å². The number of benzene rings is 3. The Bertz CT molecular complexity index is 1330. The minimum absolute atomic E-state index is 0. The van der Waals surface area contributed by atoms with Gasteiger partial charge in [0.25, 0.3) is 0 Å². The molecule has 0 bridgehead atoms. The van der Waals surface area contributed by atoms with Gasteiger partial charge in [-0.05, 0) is 48.0 Å². The third-order valence-electron chi connectivity index (χ3n) is 5.50. The van der Waals surface area contributed by atoms with E-state index in [0.717, 1.165) is 44.7 Å². The predicted molar refractivity (Wildman–Crippen MR) is 164 cm³/mol. The van der Waals surface area contributed by atoms with E-state index in [9.17, 15) is 0 Å². The summed E-state index contributed by atoms with van der Waals surface area (Å²) in [5.74, 6) is 2.56. The van der Waals surface area contributed by atoms with Crippen LogP contribution in [0.4, 0.5) is 11.4 Å². The van der Waals surface area contributed by atoms with Gasteiger partial charge in [0.15, 0.2) is 0 Å². The van der Waals surface area contributed by atoms with Crippen LogP contribution < -0.4 is 14.4 Å². The number of aromatic nitrogens is 1. The van der Waals surface area contributed by atoms with Gasteiger partial charge in [-0.15, -0.1) is 46.9 Å². The standard InChI is InChI=1S/C28H26Cl3N3O2S.ClH/c1-35-27-15-20(7-10-26(27)34(13-11-29)14-12-30)17-32-21-8-9-23(24(31)16-21)25-19-37-28(33-25)18-36-22-5-3-2-4-6-22;/h2-10,15-17,19H,11-14,18H2,1H3;1H. The van der Waals surface area contributed by atoms with Crippen LogP contribution in [0.5, 0.6) is 11.5 Å². The van der Waals surface area contributed by atoms with Crippen molar-refractivity contribution in [3.63, 3.8) is 0 Å². The van der Waals surface area contributed by atoms with E-state index in [2.05, 4.69) is 14.9 Å². The molecule has 38 heavy (non-hydrogen) atoms. The molecule has 0 aliphatic rings. The fourth-order valence-electron chi connectivity index (χ4n) is 3.70. The van der Waals surface area contributed by atoms with Crippen LogP contribution in [-0.4, -0.2) is 43.2 Å². The van der Waals surface area contributed by atoms with Crippen molar-refractivity contribution < 1.29 is 9.47 Å². The molecule has 0 amide bonds. The molecule has 4 aromatic rings. The SMILES string of the molecule is COc1cc(C=Nc2ccc(-c3csc(COc4ccccc4)n3)c(Cl)c2)ccc1N(CCCl)CCCl.Cl. The molecule has 0 saturated carbocycles. The summed E-state index contributed by atoms with van der Waals surface area (Å²) in [6.07, 6.45) is 1.78. The number of anilines is 1. The molecular weight excluding hydrogens is 584 g/mol. The molecule has 0 atom stereocenters. The Hall–Kier alpha value is -2.48. The second kappa shape index (κ2) is 15.2. The smallest absolute Gasteiger partial charge is 0.142 e. The number of thiazole rings is 1. The van der Waals surface area contributed by atoms with E-state index in [1.807, 2.05) is 72.1 Å². The number of para-hydroxylation sites is 1. The van der Waals surface area contributed by atoms with Gasteiger partial charge in [0.1, 0.15) is 23.1 Å². The lowest BCUT2D eigenvalue weighted by Gasteiger charge is -2.25. The predicted octanol–water partition coefficient (Wildman–Crippen LogP) is 8.51. The summed E-state index contributed by atoms with van der Waals surface area (Å²) in [6.45, 7) is 1.78. The number of nitrogens with zero attached hydrogens (tertiary/aromatic N) is 3. The second-order valence-electron chi connectivity index (χ2n) is 7.95. The molecule has 200 valence electrons. The van der Waals surface area contributed by atoms with Crippen LogP contribution in [0.25, 0.3) is 11.3 Å². The summed E-state index contributed by atoms with van der Waals surface area (Å²) in [5, 5.41) is 3.45. The summed E-state index contributed by atoms with van der Waals surface area (Å²) >= 11 is 20.1. The molecule has 0 aliphatic carbocycles. The Labute approximate surface area is 248 Å². The molecule has 10 heteroatoms. The van der Waals surface area contributed by atoms with Crippen molar-refractivity contribution in [1.82, 2.24) is 4.98 Å². The van der Waals surface area contributed by atoms with Crippen LogP contribution in [0.1, 0.15) is 10.6 Å². The minimum atomic E-state index is 0. The number of methoxy groups -OCH3 is 1. The third-order valence-corrected chi connectivity index (χ3v) is 6.98. The van der Waals surface area contributed by atoms with Crippen LogP contribution in [0, 0.1) is 0 Å². The van der Waals surface area contributed by atoms with Crippen molar-refractivity contribution >= 4 is 76.1 Å². The molecule has 0 aliphatic heterocycles. The zero-order valence-corrected chi connectivity index (χ0v) is 24.6. The minimum Gasteiger partial charge on any atom is -0.495 e. The molecule has 4 rings (SSSR count). The average Bonchev–Trinajstić information content (AvgIpc) is 3.40. The van der Waals surface area contributed by atoms with Crippen LogP contribution in [0.15, 0.2) is 77.1 Å². The van der Waals surface area contributed by atoms with E-state index < -0.39 is 0 Å². The maximum absolute atomic E-state index is 6.60. The topological polar surface area (TPSA) is 47.0 Å². The number of hydrogen-bond donors (Lipinski definition) is 0. The molecule has 3 aromatic carbocycles. The summed E-state index contributed by atoms with van der Waals surface area (Å²) in [4.78, 5) is 11.4. The first-order chi connectivity index (χ1) is 18.1. The number of ether oxygens (including phenoxy) is 2. The lowest BCUT2D eigenvalue weighted by molar-refractivity contribution is 0.305. The first-order valence-electron chi connectivity index (χ1n) is 11.6. The van der Waals surface area contributed by atoms with E-state index in [0.29, 0.717) is 36.5 Å². The molecule has 0 spiro atoms. The Morgan fingerprint density at radius 2 is 1.76 bits per heavy atom. The quantitative estimate of drug-likeness (QED) is 0.119. The Balaban J connectivity index is 0.00000400. The molecule has 0 N–H and O–H groups in total. The number of alkyl halides is 2. The second-order valence-corrected chi connectivity index (χ2v) is 10.1. The van der Waals surface area contributed by atoms with E-state index in [1.165, 1.54) is 0 Å². The maximum Gasteiger partial charge on any atom is 0.142 e. The van der Waals surface area contributed by atoms with Crippen molar-refractivity contribution in [3.8, 4) is 22.8 Å². The molecule has 5 nitrogen and oxygen atoms in total. The van der Waals surface area contributed by atoms with Gasteiger partial charge >= 0.3 is 0 Å². The number of hydrogen-bond acceptors (Lipinski definition) is 6. The Morgan fingerprint density at radius 3 is 2.45 bits per heavy atom. The Morgan fingerprint density at radius 1 is 1.00 bits per heavy atom. The van der Waals surface area contributed by atoms with Crippen LogP contribution in [-0.2, 0) is 6.61 Å². The summed E-state index contributed by atoms with van der Waals surface area (Å²) in [6, 6.07) is 21.3. The molecule has 0 radical (unpaired) electrons. The monoisotopic (exact) mass is 609 g/mol. The third kappa shape index (κ3) is 8.01. The van der Waals surface area contributed by atoms with Crippen LogP contribution in [0.2, 0.25) is 5.02 Å². The van der Waals surface area contributed by atoms with Gasteiger partial charge < -0.3 is 14.4 Å². The first kappa shape index (κ1) is 30.1. The van der Waals surface area contributed by atoms with Crippen LogP contribution in [0.3, 0.4) is 0 Å². The highest BCUT2D eigenvalue weighted by Gasteiger charge is 2.12. The van der Waals surface area contributed by atoms with E-state index in [4.69, 9.17) is 44.3 Å². The number of aliphatic imine (C=N–C) groups is 1. The zero-order chi connectivity index (χ0) is 26.0. The highest BCUT2D eigenvalue weighted by Crippen LogP contribution is 2.33. The molecule has 0 unspecified atom stereocenters. The average molecular weight is 611 g/mol.